The van der Waals surface area contributed by atoms with Crippen molar-refractivity contribution < 1.29 is 0 Å². The van der Waals surface area contributed by atoms with Crippen LogP contribution in [0.2, 0.25) is 5.02 Å². The summed E-state index contributed by atoms with van der Waals surface area (Å²) in [5.74, 6) is 0.851. The van der Waals surface area contributed by atoms with Gasteiger partial charge in [0.2, 0.25) is 0 Å². The Hall–Kier alpha value is -0.570. The molecule has 2 rings (SSSR count). The number of hydrogen-bond donors (Lipinski definition) is 1. The van der Waals surface area contributed by atoms with Gasteiger partial charge in [0.05, 0.1) is 0 Å². The molecule has 0 amide bonds. The molecule has 1 aliphatic rings. The zero-order chi connectivity index (χ0) is 12.3. The quantitative estimate of drug-likeness (QED) is 0.896. The Balaban J connectivity index is 2.10. The van der Waals surface area contributed by atoms with Crippen molar-refractivity contribution in [3.8, 4) is 0 Å². The fourth-order valence-electron chi connectivity index (χ4n) is 2.55. The summed E-state index contributed by atoms with van der Waals surface area (Å²) in [6.07, 6.45) is 2.55. The van der Waals surface area contributed by atoms with Crippen LogP contribution in [-0.2, 0) is 0 Å². The lowest BCUT2D eigenvalue weighted by Gasteiger charge is -2.36. The van der Waals surface area contributed by atoms with Crippen molar-refractivity contribution >= 4 is 11.6 Å². The van der Waals surface area contributed by atoms with Gasteiger partial charge in [-0.15, -0.1) is 0 Å². The molecule has 3 heteroatoms. The molecular formula is C14H21ClN2. The highest BCUT2D eigenvalue weighted by molar-refractivity contribution is 6.30. The van der Waals surface area contributed by atoms with E-state index in [1.165, 1.54) is 18.4 Å². The Morgan fingerprint density at radius 3 is 2.71 bits per heavy atom. The molecule has 1 unspecified atom stereocenters. The summed E-state index contributed by atoms with van der Waals surface area (Å²) >= 11 is 6.05. The van der Waals surface area contributed by atoms with Gasteiger partial charge < -0.3 is 5.73 Å². The molecule has 1 saturated heterocycles. The van der Waals surface area contributed by atoms with E-state index in [9.17, 15) is 0 Å². The van der Waals surface area contributed by atoms with Crippen molar-refractivity contribution in [3.05, 3.63) is 34.9 Å². The Kier molecular flexibility index (Phi) is 4.43. The molecule has 1 fully saturated rings. The lowest BCUT2D eigenvalue weighted by Crippen LogP contribution is -2.39. The molecular weight excluding hydrogens is 232 g/mol. The number of likely N-dealkylation sites (tertiary alicyclic amines) is 1. The lowest BCUT2D eigenvalue weighted by molar-refractivity contribution is 0.141. The summed E-state index contributed by atoms with van der Waals surface area (Å²) < 4.78 is 0. The third-order valence-corrected chi connectivity index (χ3v) is 3.95. The normalized spacial score (nSPS) is 20.4. The van der Waals surface area contributed by atoms with E-state index >= 15 is 0 Å². The average molecular weight is 253 g/mol. The second kappa shape index (κ2) is 5.85. The zero-order valence-electron chi connectivity index (χ0n) is 10.4. The van der Waals surface area contributed by atoms with Crippen molar-refractivity contribution in [1.82, 2.24) is 4.90 Å². The number of hydrogen-bond acceptors (Lipinski definition) is 2. The monoisotopic (exact) mass is 252 g/mol. The Labute approximate surface area is 109 Å². The van der Waals surface area contributed by atoms with E-state index in [0.717, 1.165) is 24.0 Å². The highest BCUT2D eigenvalue weighted by atomic mass is 35.5. The predicted molar refractivity (Wildman–Crippen MR) is 73.2 cm³/mol. The lowest BCUT2D eigenvalue weighted by atomic mass is 9.96. The van der Waals surface area contributed by atoms with Crippen LogP contribution in [0, 0.1) is 5.92 Å². The molecule has 1 atom stereocenters. The van der Waals surface area contributed by atoms with Crippen molar-refractivity contribution in [2.24, 2.45) is 11.7 Å². The van der Waals surface area contributed by atoms with Crippen LogP contribution in [0.1, 0.15) is 31.4 Å². The summed E-state index contributed by atoms with van der Waals surface area (Å²) in [5, 5.41) is 0.798. The number of rotatable bonds is 3. The van der Waals surface area contributed by atoms with E-state index in [2.05, 4.69) is 17.9 Å². The molecule has 0 radical (unpaired) electrons. The smallest absolute Gasteiger partial charge is 0.0470 e. The Morgan fingerprint density at radius 1 is 1.41 bits per heavy atom. The van der Waals surface area contributed by atoms with E-state index in [4.69, 9.17) is 17.3 Å². The first kappa shape index (κ1) is 12.9. The molecule has 1 aromatic rings. The minimum absolute atomic E-state index is 0.321. The van der Waals surface area contributed by atoms with Gasteiger partial charge in [-0.25, -0.2) is 0 Å². The molecule has 94 valence electrons. The van der Waals surface area contributed by atoms with Gasteiger partial charge in [0.1, 0.15) is 0 Å². The van der Waals surface area contributed by atoms with Crippen molar-refractivity contribution in [2.75, 3.05) is 19.6 Å². The molecule has 0 saturated carbocycles. The number of halogens is 1. The van der Waals surface area contributed by atoms with Gasteiger partial charge in [-0.1, -0.05) is 30.7 Å². The van der Waals surface area contributed by atoms with Gasteiger partial charge in [0, 0.05) is 17.6 Å². The second-order valence-electron chi connectivity index (χ2n) is 5.02. The summed E-state index contributed by atoms with van der Waals surface area (Å²) in [6, 6.07) is 8.41. The highest BCUT2D eigenvalue weighted by Gasteiger charge is 2.23. The van der Waals surface area contributed by atoms with Crippen LogP contribution < -0.4 is 5.73 Å². The number of benzene rings is 1. The largest absolute Gasteiger partial charge is 0.329 e. The highest BCUT2D eigenvalue weighted by Crippen LogP contribution is 2.27. The molecule has 1 aliphatic heterocycles. The fourth-order valence-corrected chi connectivity index (χ4v) is 2.75. The third kappa shape index (κ3) is 3.21. The SMILES string of the molecule is CC1CCN(C(CN)c2cccc(Cl)c2)CC1. The first-order chi connectivity index (χ1) is 8.20. The maximum absolute atomic E-state index is 6.05. The Bertz CT molecular complexity index is 359. The van der Waals surface area contributed by atoms with Gasteiger partial charge in [-0.2, -0.15) is 0 Å². The van der Waals surface area contributed by atoms with Crippen LogP contribution in [0.5, 0.6) is 0 Å². The summed E-state index contributed by atoms with van der Waals surface area (Å²) in [4.78, 5) is 2.49. The molecule has 1 heterocycles. The average Bonchev–Trinajstić information content (AvgIpc) is 2.33. The minimum atomic E-state index is 0.321. The van der Waals surface area contributed by atoms with Crippen LogP contribution in [0.3, 0.4) is 0 Å². The first-order valence-electron chi connectivity index (χ1n) is 6.40. The maximum atomic E-state index is 6.05. The molecule has 1 aromatic carbocycles. The predicted octanol–water partition coefficient (Wildman–Crippen LogP) is 3.07. The van der Waals surface area contributed by atoms with Crippen LogP contribution in [0.15, 0.2) is 24.3 Å². The minimum Gasteiger partial charge on any atom is -0.329 e. The zero-order valence-corrected chi connectivity index (χ0v) is 11.2. The van der Waals surface area contributed by atoms with Gasteiger partial charge in [-0.3, -0.25) is 4.90 Å². The molecule has 2 N–H and O–H groups in total. The van der Waals surface area contributed by atoms with E-state index < -0.39 is 0 Å². The summed E-state index contributed by atoms with van der Waals surface area (Å²) in [7, 11) is 0. The molecule has 0 spiro atoms. The van der Waals surface area contributed by atoms with Gasteiger partial charge in [0.15, 0.2) is 0 Å². The van der Waals surface area contributed by atoms with Gasteiger partial charge >= 0.3 is 0 Å². The fraction of sp³-hybridized carbons (Fsp3) is 0.571. The van der Waals surface area contributed by atoms with Crippen LogP contribution in [-0.4, -0.2) is 24.5 Å². The first-order valence-corrected chi connectivity index (χ1v) is 6.78. The van der Waals surface area contributed by atoms with Crippen molar-refractivity contribution in [3.63, 3.8) is 0 Å². The third-order valence-electron chi connectivity index (χ3n) is 3.72. The topological polar surface area (TPSA) is 29.3 Å². The molecule has 0 aliphatic carbocycles. The van der Waals surface area contributed by atoms with E-state index in [1.807, 2.05) is 18.2 Å². The summed E-state index contributed by atoms with van der Waals surface area (Å²) in [6.45, 7) is 5.29. The number of nitrogens with zero attached hydrogens (tertiary/aromatic N) is 1. The maximum Gasteiger partial charge on any atom is 0.0470 e. The van der Waals surface area contributed by atoms with E-state index in [1.54, 1.807) is 0 Å². The van der Waals surface area contributed by atoms with E-state index in [0.29, 0.717) is 12.6 Å². The van der Waals surface area contributed by atoms with Crippen molar-refractivity contribution in [2.45, 2.75) is 25.8 Å². The van der Waals surface area contributed by atoms with Crippen molar-refractivity contribution in [1.29, 1.82) is 0 Å². The van der Waals surface area contributed by atoms with Crippen LogP contribution in [0.4, 0.5) is 0 Å². The summed E-state index contributed by atoms with van der Waals surface area (Å²) in [5.41, 5.74) is 7.18. The number of piperidine rings is 1. The Morgan fingerprint density at radius 2 is 2.12 bits per heavy atom. The molecule has 0 aromatic heterocycles. The molecule has 0 bridgehead atoms. The van der Waals surface area contributed by atoms with E-state index in [-0.39, 0.29) is 0 Å². The molecule has 17 heavy (non-hydrogen) atoms. The number of nitrogens with two attached hydrogens (primary N) is 1. The van der Waals surface area contributed by atoms with Gasteiger partial charge in [0.25, 0.3) is 0 Å². The second-order valence-corrected chi connectivity index (χ2v) is 5.46. The van der Waals surface area contributed by atoms with Gasteiger partial charge in [-0.05, 0) is 49.5 Å². The standard InChI is InChI=1S/C14H21ClN2/c1-11-5-7-17(8-6-11)14(10-16)12-3-2-4-13(15)9-12/h2-4,9,11,14H,5-8,10,16H2,1H3. The van der Waals surface area contributed by atoms with Crippen LogP contribution >= 0.6 is 11.6 Å². The molecule has 2 nitrogen and oxygen atoms in total. The van der Waals surface area contributed by atoms with Crippen LogP contribution in [0.25, 0.3) is 0 Å².